The van der Waals surface area contributed by atoms with Gasteiger partial charge in [-0.1, -0.05) is 49.0 Å². The Morgan fingerprint density at radius 3 is 2.58 bits per heavy atom. The normalized spacial score (nSPS) is 21.2. The predicted molar refractivity (Wildman–Crippen MR) is 90.5 cm³/mol. The van der Waals surface area contributed by atoms with E-state index in [1.165, 1.54) is 7.11 Å². The molecule has 1 aromatic carbocycles. The molecular formula is C17H21NO5S. The van der Waals surface area contributed by atoms with Gasteiger partial charge in [-0.05, 0) is 13.0 Å². The van der Waals surface area contributed by atoms with Crippen molar-refractivity contribution in [1.82, 2.24) is 5.32 Å². The second-order valence-electron chi connectivity index (χ2n) is 5.64. The molecule has 0 bridgehead atoms. The third kappa shape index (κ3) is 4.43. The van der Waals surface area contributed by atoms with E-state index in [9.17, 15) is 14.4 Å². The number of carbonyl (C=O) groups excluding carboxylic acids is 3. The Kier molecular flexibility index (Phi) is 6.53. The van der Waals surface area contributed by atoms with Gasteiger partial charge in [0.1, 0.15) is 0 Å². The van der Waals surface area contributed by atoms with Gasteiger partial charge in [-0.3, -0.25) is 14.9 Å². The Morgan fingerprint density at radius 1 is 1.29 bits per heavy atom. The maximum atomic E-state index is 12.2. The van der Waals surface area contributed by atoms with Crippen LogP contribution in [0.2, 0.25) is 0 Å². The molecule has 0 aromatic heterocycles. The molecule has 2 rings (SSSR count). The van der Waals surface area contributed by atoms with E-state index in [0.717, 1.165) is 18.2 Å². The predicted octanol–water partition coefficient (Wildman–Crippen LogP) is 1.99. The fraction of sp³-hybridized carbons (Fsp3) is 0.471. The monoisotopic (exact) mass is 351 g/mol. The number of hydrogen-bond acceptors (Lipinski definition) is 7. The maximum Gasteiger partial charge on any atom is 0.361 e. The van der Waals surface area contributed by atoms with E-state index in [-0.39, 0.29) is 10.9 Å². The Bertz CT molecular complexity index is 598. The van der Waals surface area contributed by atoms with Gasteiger partial charge >= 0.3 is 11.9 Å². The number of nitrogens with one attached hydrogen (secondary N) is 1. The molecule has 1 N–H and O–H groups in total. The Morgan fingerprint density at radius 2 is 2.00 bits per heavy atom. The van der Waals surface area contributed by atoms with E-state index in [4.69, 9.17) is 9.47 Å². The highest BCUT2D eigenvalue weighted by Gasteiger charge is 2.44. The van der Waals surface area contributed by atoms with E-state index in [1.54, 1.807) is 31.2 Å². The lowest BCUT2D eigenvalue weighted by Crippen LogP contribution is -2.51. The van der Waals surface area contributed by atoms with Crippen molar-refractivity contribution in [2.75, 3.05) is 19.4 Å². The number of carbonyl (C=O) groups is 3. The van der Waals surface area contributed by atoms with E-state index >= 15 is 0 Å². The molecule has 0 amide bonds. The van der Waals surface area contributed by atoms with Crippen LogP contribution in [0.1, 0.15) is 30.1 Å². The number of methoxy groups -OCH3 is 1. The molecule has 0 saturated carbocycles. The molecule has 1 heterocycles. The average molecular weight is 351 g/mol. The first kappa shape index (κ1) is 18.6. The van der Waals surface area contributed by atoms with Crippen molar-refractivity contribution in [3.05, 3.63) is 35.9 Å². The van der Waals surface area contributed by atoms with Crippen LogP contribution in [0.4, 0.5) is 0 Å². The molecule has 1 aromatic rings. The second-order valence-corrected chi connectivity index (χ2v) is 6.63. The zero-order chi connectivity index (χ0) is 17.6. The highest BCUT2D eigenvalue weighted by Crippen LogP contribution is 2.23. The topological polar surface area (TPSA) is 81.7 Å². The molecular weight excluding hydrogens is 330 g/mol. The summed E-state index contributed by atoms with van der Waals surface area (Å²) in [5.41, 5.74) is -0.657. The van der Waals surface area contributed by atoms with E-state index in [0.29, 0.717) is 18.5 Å². The second kappa shape index (κ2) is 8.41. The SMILES string of the molecule is CO[C@@]1(C(=O)OC(=O)C(C)CSC(=O)c2ccccc2)CCCN1. The standard InChI is InChI=1S/C17H21NO5S/c1-12(11-24-15(20)13-7-4-3-5-8-13)14(19)23-16(21)17(22-2)9-6-10-18-17/h3-5,7-8,12,18H,6,9-11H2,1-2H3/t12?,17-/m1/s1. The van der Waals surface area contributed by atoms with Crippen molar-refractivity contribution in [3.63, 3.8) is 0 Å². The highest BCUT2D eigenvalue weighted by molar-refractivity contribution is 8.14. The summed E-state index contributed by atoms with van der Waals surface area (Å²) in [4.78, 5) is 36.2. The minimum absolute atomic E-state index is 0.118. The van der Waals surface area contributed by atoms with Gasteiger partial charge in [-0.15, -0.1) is 0 Å². The summed E-state index contributed by atoms with van der Waals surface area (Å²) in [6, 6.07) is 8.83. The summed E-state index contributed by atoms with van der Waals surface area (Å²) in [5, 5.41) is 2.81. The molecule has 6 nitrogen and oxygen atoms in total. The van der Waals surface area contributed by atoms with Gasteiger partial charge in [0.25, 0.3) is 0 Å². The van der Waals surface area contributed by atoms with Crippen LogP contribution < -0.4 is 5.32 Å². The molecule has 24 heavy (non-hydrogen) atoms. The van der Waals surface area contributed by atoms with E-state index < -0.39 is 23.6 Å². The van der Waals surface area contributed by atoms with Gasteiger partial charge < -0.3 is 9.47 Å². The lowest BCUT2D eigenvalue weighted by atomic mass is 10.1. The molecule has 0 radical (unpaired) electrons. The number of thioether (sulfide) groups is 1. The Labute approximate surface area is 145 Å². The van der Waals surface area contributed by atoms with Gasteiger partial charge in [0.2, 0.25) is 10.8 Å². The first-order valence-electron chi connectivity index (χ1n) is 7.77. The smallest absolute Gasteiger partial charge is 0.361 e. The van der Waals surface area contributed by atoms with Gasteiger partial charge in [0.15, 0.2) is 0 Å². The van der Waals surface area contributed by atoms with Crippen molar-refractivity contribution in [2.24, 2.45) is 5.92 Å². The van der Waals surface area contributed by atoms with Gasteiger partial charge in [0, 0.05) is 24.8 Å². The van der Waals surface area contributed by atoms with Crippen molar-refractivity contribution in [2.45, 2.75) is 25.5 Å². The van der Waals surface area contributed by atoms with Crippen LogP contribution in [0.25, 0.3) is 0 Å². The summed E-state index contributed by atoms with van der Waals surface area (Å²) in [6.07, 6.45) is 1.24. The van der Waals surface area contributed by atoms with E-state index in [2.05, 4.69) is 5.32 Å². The molecule has 2 atom stereocenters. The summed E-state index contributed by atoms with van der Waals surface area (Å²) in [6.45, 7) is 2.26. The summed E-state index contributed by atoms with van der Waals surface area (Å²) in [5.74, 6) is -1.72. The maximum absolute atomic E-state index is 12.2. The first-order valence-corrected chi connectivity index (χ1v) is 8.75. The van der Waals surface area contributed by atoms with Crippen LogP contribution in [-0.4, -0.2) is 42.2 Å². The van der Waals surface area contributed by atoms with Crippen molar-refractivity contribution in [3.8, 4) is 0 Å². The minimum Gasteiger partial charge on any atom is -0.390 e. The number of esters is 2. The third-order valence-electron chi connectivity index (χ3n) is 3.86. The minimum atomic E-state index is -1.23. The molecule has 0 spiro atoms. The van der Waals surface area contributed by atoms with Crippen LogP contribution in [-0.2, 0) is 19.1 Å². The fourth-order valence-corrected chi connectivity index (χ4v) is 3.19. The first-order chi connectivity index (χ1) is 11.5. The number of hydrogen-bond donors (Lipinski definition) is 1. The zero-order valence-electron chi connectivity index (χ0n) is 13.7. The quantitative estimate of drug-likeness (QED) is 0.620. The molecule has 130 valence electrons. The van der Waals surface area contributed by atoms with Crippen LogP contribution in [0.3, 0.4) is 0 Å². The molecule has 1 saturated heterocycles. The van der Waals surface area contributed by atoms with Crippen LogP contribution >= 0.6 is 11.8 Å². The Balaban J connectivity index is 1.84. The third-order valence-corrected chi connectivity index (χ3v) is 5.03. The van der Waals surface area contributed by atoms with Gasteiger partial charge in [-0.2, -0.15) is 0 Å². The molecule has 0 aliphatic carbocycles. The molecule has 1 unspecified atom stereocenters. The van der Waals surface area contributed by atoms with Crippen molar-refractivity contribution in [1.29, 1.82) is 0 Å². The van der Waals surface area contributed by atoms with Gasteiger partial charge in [0.05, 0.1) is 5.92 Å². The summed E-state index contributed by atoms with van der Waals surface area (Å²) in [7, 11) is 1.40. The van der Waals surface area contributed by atoms with Crippen LogP contribution in [0, 0.1) is 5.92 Å². The average Bonchev–Trinajstić information content (AvgIpc) is 3.10. The summed E-state index contributed by atoms with van der Waals surface area (Å²) >= 11 is 1.03. The van der Waals surface area contributed by atoms with Crippen LogP contribution in [0.5, 0.6) is 0 Å². The lowest BCUT2D eigenvalue weighted by molar-refractivity contribution is -0.180. The number of rotatable bonds is 6. The van der Waals surface area contributed by atoms with E-state index in [1.807, 2.05) is 6.07 Å². The molecule has 7 heteroatoms. The molecule has 1 aliphatic rings. The summed E-state index contributed by atoms with van der Waals surface area (Å²) < 4.78 is 10.1. The van der Waals surface area contributed by atoms with Crippen LogP contribution in [0.15, 0.2) is 30.3 Å². The van der Waals surface area contributed by atoms with Crippen molar-refractivity contribution < 1.29 is 23.9 Å². The number of ether oxygens (including phenoxy) is 2. The Hall–Kier alpha value is -1.70. The van der Waals surface area contributed by atoms with Crippen molar-refractivity contribution >= 4 is 28.8 Å². The molecule has 1 fully saturated rings. The fourth-order valence-electron chi connectivity index (χ4n) is 2.35. The largest absolute Gasteiger partial charge is 0.390 e. The highest BCUT2D eigenvalue weighted by atomic mass is 32.2. The van der Waals surface area contributed by atoms with Gasteiger partial charge in [-0.25, -0.2) is 4.79 Å². The molecule has 1 aliphatic heterocycles. The zero-order valence-corrected chi connectivity index (χ0v) is 14.6. The lowest BCUT2D eigenvalue weighted by Gasteiger charge is -2.25. The number of benzene rings is 1.